The van der Waals surface area contributed by atoms with Crippen LogP contribution in [0.4, 0.5) is 0 Å². The van der Waals surface area contributed by atoms with Crippen LogP contribution < -0.4 is 5.32 Å². The Labute approximate surface area is 160 Å². The summed E-state index contributed by atoms with van der Waals surface area (Å²) in [4.78, 5) is 23.5. The number of hydrogen-bond donors (Lipinski definition) is 1. The number of nitrogens with one attached hydrogen (secondary N) is 1. The highest BCUT2D eigenvalue weighted by molar-refractivity contribution is 5.85. The molecular weight excluding hydrogens is 352 g/mol. The van der Waals surface area contributed by atoms with Gasteiger partial charge in [-0.15, -0.1) is 12.4 Å². The topological polar surface area (TPSA) is 75.4 Å². The zero-order valence-electron chi connectivity index (χ0n) is 15.4. The van der Waals surface area contributed by atoms with Crippen molar-refractivity contribution in [3.63, 3.8) is 0 Å². The second-order valence-electron chi connectivity index (χ2n) is 7.37. The number of hydrogen-bond acceptors (Lipinski definition) is 5. The van der Waals surface area contributed by atoms with Crippen molar-refractivity contribution in [1.82, 2.24) is 29.8 Å². The normalized spacial score (nSPS) is 22.8. The molecule has 2 aromatic rings. The Morgan fingerprint density at radius 1 is 1.23 bits per heavy atom. The molecule has 2 saturated heterocycles. The predicted octanol–water partition coefficient (Wildman–Crippen LogP) is 1.55. The van der Waals surface area contributed by atoms with Gasteiger partial charge in [-0.2, -0.15) is 10.1 Å². The van der Waals surface area contributed by atoms with Crippen molar-refractivity contribution in [2.75, 3.05) is 26.2 Å². The van der Waals surface area contributed by atoms with Gasteiger partial charge in [-0.05, 0) is 63.6 Å². The van der Waals surface area contributed by atoms with E-state index >= 15 is 0 Å². The molecule has 1 amide bonds. The van der Waals surface area contributed by atoms with Gasteiger partial charge in [-0.25, -0.2) is 9.50 Å². The van der Waals surface area contributed by atoms with Crippen molar-refractivity contribution >= 4 is 24.1 Å². The Hall–Kier alpha value is -1.73. The Morgan fingerprint density at radius 2 is 1.92 bits per heavy atom. The van der Waals surface area contributed by atoms with E-state index in [-0.39, 0.29) is 18.3 Å². The molecule has 1 N–H and O–H groups in total. The average molecular weight is 379 g/mol. The van der Waals surface area contributed by atoms with Crippen molar-refractivity contribution < 1.29 is 4.79 Å². The summed E-state index contributed by atoms with van der Waals surface area (Å²) in [5, 5.41) is 7.71. The summed E-state index contributed by atoms with van der Waals surface area (Å²) in [5.41, 5.74) is 3.09. The fourth-order valence-electron chi connectivity index (χ4n) is 4.37. The van der Waals surface area contributed by atoms with Gasteiger partial charge in [0.2, 0.25) is 5.91 Å². The average Bonchev–Trinajstić information content (AvgIpc) is 3.20. The summed E-state index contributed by atoms with van der Waals surface area (Å²) in [6, 6.07) is 0. The minimum Gasteiger partial charge on any atom is -0.343 e. The highest BCUT2D eigenvalue weighted by Gasteiger charge is 2.31. The van der Waals surface area contributed by atoms with Crippen LogP contribution in [0, 0.1) is 25.7 Å². The molecule has 0 aliphatic carbocycles. The molecule has 0 saturated carbocycles. The molecular formula is C18H27ClN6O. The fraction of sp³-hybridized carbons (Fsp3) is 0.667. The van der Waals surface area contributed by atoms with E-state index < -0.39 is 0 Å². The number of aromatic nitrogens is 4. The Balaban J connectivity index is 0.00000196. The van der Waals surface area contributed by atoms with Gasteiger partial charge >= 0.3 is 0 Å². The Kier molecular flexibility index (Phi) is 5.77. The summed E-state index contributed by atoms with van der Waals surface area (Å²) in [7, 11) is 0. The van der Waals surface area contributed by atoms with Gasteiger partial charge in [0.05, 0.1) is 0 Å². The van der Waals surface area contributed by atoms with Gasteiger partial charge in [0.15, 0.2) is 0 Å². The highest BCUT2D eigenvalue weighted by Crippen LogP contribution is 2.27. The first-order valence-electron chi connectivity index (χ1n) is 9.28. The van der Waals surface area contributed by atoms with Crippen LogP contribution in [0.3, 0.4) is 0 Å². The number of nitrogens with zero attached hydrogens (tertiary/aromatic N) is 5. The quantitative estimate of drug-likeness (QED) is 0.877. The van der Waals surface area contributed by atoms with Gasteiger partial charge < -0.3 is 10.2 Å². The molecule has 0 unspecified atom stereocenters. The van der Waals surface area contributed by atoms with E-state index in [2.05, 4.69) is 25.3 Å². The number of rotatable bonds is 3. The zero-order chi connectivity index (χ0) is 17.4. The molecule has 0 bridgehead atoms. The lowest BCUT2D eigenvalue weighted by Gasteiger charge is -2.21. The van der Waals surface area contributed by atoms with Crippen LogP contribution in [0.15, 0.2) is 6.33 Å². The van der Waals surface area contributed by atoms with E-state index in [1.807, 2.05) is 13.8 Å². The minimum atomic E-state index is 0. The van der Waals surface area contributed by atoms with Crippen molar-refractivity contribution in [1.29, 1.82) is 0 Å². The van der Waals surface area contributed by atoms with Crippen LogP contribution in [-0.2, 0) is 11.2 Å². The SMILES string of the molecule is Cc1nc2ncnn2c(C)c1CCC(=O)N1CC[C@@H]2CNC[C@@H]2CC1.Cl. The van der Waals surface area contributed by atoms with Gasteiger partial charge in [0.25, 0.3) is 5.78 Å². The summed E-state index contributed by atoms with van der Waals surface area (Å²) in [6.45, 7) is 8.06. The van der Waals surface area contributed by atoms with E-state index in [1.165, 1.54) is 6.33 Å². The maximum absolute atomic E-state index is 12.7. The fourth-order valence-corrected chi connectivity index (χ4v) is 4.37. The first kappa shape index (κ1) is 19.0. The van der Waals surface area contributed by atoms with Crippen molar-refractivity contribution in [2.24, 2.45) is 11.8 Å². The van der Waals surface area contributed by atoms with Gasteiger partial charge in [-0.3, -0.25) is 4.79 Å². The molecule has 2 atom stereocenters. The van der Waals surface area contributed by atoms with Gasteiger partial charge in [-0.1, -0.05) is 0 Å². The number of halogens is 1. The second kappa shape index (κ2) is 7.88. The van der Waals surface area contributed by atoms with Crippen LogP contribution in [-0.4, -0.2) is 56.6 Å². The van der Waals surface area contributed by atoms with Crippen molar-refractivity contribution in [2.45, 2.75) is 39.5 Å². The van der Waals surface area contributed by atoms with E-state index in [0.717, 1.165) is 67.8 Å². The lowest BCUT2D eigenvalue weighted by atomic mass is 9.92. The molecule has 0 radical (unpaired) electrons. The number of likely N-dealkylation sites (tertiary alicyclic amines) is 1. The number of fused-ring (bicyclic) bond motifs is 2. The maximum Gasteiger partial charge on any atom is 0.252 e. The third-order valence-electron chi connectivity index (χ3n) is 5.95. The van der Waals surface area contributed by atoms with Crippen LogP contribution >= 0.6 is 12.4 Å². The van der Waals surface area contributed by atoms with E-state index in [1.54, 1.807) is 4.52 Å². The zero-order valence-corrected chi connectivity index (χ0v) is 16.3. The van der Waals surface area contributed by atoms with Crippen LogP contribution in [0.1, 0.15) is 36.2 Å². The van der Waals surface area contributed by atoms with E-state index in [4.69, 9.17) is 0 Å². The number of carbonyl (C=O) groups is 1. The molecule has 2 fully saturated rings. The summed E-state index contributed by atoms with van der Waals surface area (Å²) < 4.78 is 1.76. The third-order valence-corrected chi connectivity index (χ3v) is 5.95. The molecule has 0 spiro atoms. The smallest absolute Gasteiger partial charge is 0.252 e. The van der Waals surface area contributed by atoms with E-state index in [9.17, 15) is 4.79 Å². The molecule has 0 aromatic carbocycles. The Morgan fingerprint density at radius 3 is 2.62 bits per heavy atom. The summed E-state index contributed by atoms with van der Waals surface area (Å²) >= 11 is 0. The molecule has 2 aromatic heterocycles. The predicted molar refractivity (Wildman–Crippen MR) is 101 cm³/mol. The molecule has 8 heteroatoms. The highest BCUT2D eigenvalue weighted by atomic mass is 35.5. The second-order valence-corrected chi connectivity index (χ2v) is 7.37. The largest absolute Gasteiger partial charge is 0.343 e. The van der Waals surface area contributed by atoms with Crippen LogP contribution in [0.25, 0.3) is 5.78 Å². The van der Waals surface area contributed by atoms with Crippen molar-refractivity contribution in [3.8, 4) is 0 Å². The number of aryl methyl sites for hydroxylation is 2. The summed E-state index contributed by atoms with van der Waals surface area (Å²) in [6.07, 6.45) is 5.04. The van der Waals surface area contributed by atoms with E-state index in [0.29, 0.717) is 18.6 Å². The molecule has 142 valence electrons. The molecule has 2 aliphatic heterocycles. The van der Waals surface area contributed by atoms with Crippen molar-refractivity contribution in [3.05, 3.63) is 23.3 Å². The monoisotopic (exact) mass is 378 g/mol. The molecule has 7 nitrogen and oxygen atoms in total. The molecule has 2 aliphatic rings. The third kappa shape index (κ3) is 3.55. The van der Waals surface area contributed by atoms with Crippen LogP contribution in [0.5, 0.6) is 0 Å². The molecule has 26 heavy (non-hydrogen) atoms. The van der Waals surface area contributed by atoms with Gasteiger partial charge in [0, 0.05) is 30.9 Å². The first-order valence-corrected chi connectivity index (χ1v) is 9.28. The number of carbonyl (C=O) groups excluding carboxylic acids is 1. The minimum absolute atomic E-state index is 0. The maximum atomic E-state index is 12.7. The lowest BCUT2D eigenvalue weighted by Crippen LogP contribution is -2.33. The van der Waals surface area contributed by atoms with Gasteiger partial charge in [0.1, 0.15) is 6.33 Å². The summed E-state index contributed by atoms with van der Waals surface area (Å²) in [5.74, 6) is 2.39. The molecule has 4 rings (SSSR count). The first-order chi connectivity index (χ1) is 12.1. The van der Waals surface area contributed by atoms with Crippen LogP contribution in [0.2, 0.25) is 0 Å². The Bertz CT molecular complexity index is 777. The number of amides is 1. The molecule has 4 heterocycles. The lowest BCUT2D eigenvalue weighted by molar-refractivity contribution is -0.131. The standard InChI is InChI=1S/C18H26N6O.ClH/c1-12-16(13(2)24-18(22-12)20-11-21-24)3-4-17(25)23-7-5-14-9-19-10-15(14)6-8-23;/h11,14-15,19H,3-10H2,1-2H3;1H/t14-,15+;.